The highest BCUT2D eigenvalue weighted by Gasteiger charge is 2.13. The molecule has 1 heterocycles. The van der Waals surface area contributed by atoms with Gasteiger partial charge in [-0.25, -0.2) is 0 Å². The molecule has 27 heavy (non-hydrogen) atoms. The Hall–Kier alpha value is -2.53. The number of nitrogens with zero attached hydrogens (tertiary/aromatic N) is 2. The van der Waals surface area contributed by atoms with Crippen LogP contribution in [0.2, 0.25) is 0 Å². The van der Waals surface area contributed by atoms with Gasteiger partial charge in [-0.15, -0.1) is 0 Å². The van der Waals surface area contributed by atoms with Crippen molar-refractivity contribution in [3.05, 3.63) is 53.6 Å². The van der Waals surface area contributed by atoms with Crippen LogP contribution in [0.25, 0.3) is 0 Å². The van der Waals surface area contributed by atoms with Crippen molar-refractivity contribution in [2.45, 2.75) is 20.3 Å². The summed E-state index contributed by atoms with van der Waals surface area (Å²) in [5.41, 5.74) is 5.50. The molecule has 0 aromatic heterocycles. The number of amides is 1. The number of benzene rings is 2. The van der Waals surface area contributed by atoms with Crippen molar-refractivity contribution >= 4 is 23.0 Å². The van der Waals surface area contributed by atoms with Crippen LogP contribution in [-0.2, 0) is 4.79 Å². The number of rotatable bonds is 6. The highest BCUT2D eigenvalue weighted by atomic mass is 16.1. The first kappa shape index (κ1) is 19.2. The molecule has 0 saturated carbocycles. The Morgan fingerprint density at radius 2 is 1.56 bits per heavy atom. The van der Waals surface area contributed by atoms with Crippen molar-refractivity contribution < 1.29 is 4.79 Å². The summed E-state index contributed by atoms with van der Waals surface area (Å²) in [4.78, 5) is 16.9. The molecule has 0 bridgehead atoms. The van der Waals surface area contributed by atoms with Gasteiger partial charge in [-0.05, 0) is 68.4 Å². The van der Waals surface area contributed by atoms with Crippen molar-refractivity contribution in [1.82, 2.24) is 4.90 Å². The van der Waals surface area contributed by atoms with E-state index in [1.54, 1.807) is 0 Å². The number of aryl methyl sites for hydroxylation is 2. The lowest BCUT2D eigenvalue weighted by atomic mass is 10.1. The molecule has 2 aromatic carbocycles. The lowest BCUT2D eigenvalue weighted by Gasteiger charge is -2.34. The third-order valence-corrected chi connectivity index (χ3v) is 4.92. The van der Waals surface area contributed by atoms with Crippen molar-refractivity contribution in [1.29, 1.82) is 0 Å². The number of nitrogens with one attached hydrogen (secondary N) is 2. The Labute approximate surface area is 162 Å². The average molecular weight is 367 g/mol. The van der Waals surface area contributed by atoms with E-state index in [9.17, 15) is 4.79 Å². The van der Waals surface area contributed by atoms with Crippen LogP contribution in [0, 0.1) is 13.8 Å². The number of carbonyl (C=O) groups is 1. The summed E-state index contributed by atoms with van der Waals surface area (Å²) in [7, 11) is 2.17. The topological polar surface area (TPSA) is 47.6 Å². The van der Waals surface area contributed by atoms with Gasteiger partial charge in [0, 0.05) is 56.2 Å². The molecule has 1 fully saturated rings. The summed E-state index contributed by atoms with van der Waals surface area (Å²) in [5.74, 6) is 0.0292. The Morgan fingerprint density at radius 3 is 2.19 bits per heavy atom. The van der Waals surface area contributed by atoms with E-state index in [4.69, 9.17) is 0 Å². The molecule has 144 valence electrons. The lowest BCUT2D eigenvalue weighted by Crippen LogP contribution is -2.44. The maximum absolute atomic E-state index is 12.2. The van der Waals surface area contributed by atoms with Gasteiger partial charge in [0.15, 0.2) is 0 Å². The van der Waals surface area contributed by atoms with Crippen LogP contribution >= 0.6 is 0 Å². The largest absolute Gasteiger partial charge is 0.385 e. The molecule has 0 aliphatic carbocycles. The quantitative estimate of drug-likeness (QED) is 0.822. The summed E-state index contributed by atoms with van der Waals surface area (Å²) >= 11 is 0. The summed E-state index contributed by atoms with van der Waals surface area (Å²) < 4.78 is 0. The third kappa shape index (κ3) is 5.73. The normalized spacial score (nSPS) is 14.9. The first-order chi connectivity index (χ1) is 13.0. The predicted molar refractivity (Wildman–Crippen MR) is 114 cm³/mol. The number of piperazine rings is 1. The zero-order chi connectivity index (χ0) is 19.2. The molecule has 5 nitrogen and oxygen atoms in total. The zero-order valence-electron chi connectivity index (χ0n) is 16.6. The molecular formula is C22H30N4O. The highest BCUT2D eigenvalue weighted by Crippen LogP contribution is 2.19. The summed E-state index contributed by atoms with van der Waals surface area (Å²) in [6.07, 6.45) is 0.438. The zero-order valence-corrected chi connectivity index (χ0v) is 16.6. The lowest BCUT2D eigenvalue weighted by molar-refractivity contribution is -0.115. The second kappa shape index (κ2) is 8.91. The van der Waals surface area contributed by atoms with Crippen LogP contribution < -0.4 is 15.5 Å². The van der Waals surface area contributed by atoms with E-state index >= 15 is 0 Å². The monoisotopic (exact) mass is 366 g/mol. The van der Waals surface area contributed by atoms with Crippen molar-refractivity contribution in [3.63, 3.8) is 0 Å². The molecule has 0 unspecified atom stereocenters. The van der Waals surface area contributed by atoms with Crippen molar-refractivity contribution in [3.8, 4) is 0 Å². The first-order valence-corrected chi connectivity index (χ1v) is 9.65. The number of anilines is 3. The number of carbonyl (C=O) groups excluding carboxylic acids is 1. The fourth-order valence-electron chi connectivity index (χ4n) is 3.45. The van der Waals surface area contributed by atoms with E-state index in [1.807, 2.05) is 26.0 Å². The van der Waals surface area contributed by atoms with Crippen LogP contribution in [0.5, 0.6) is 0 Å². The second-order valence-corrected chi connectivity index (χ2v) is 7.44. The van der Waals surface area contributed by atoms with E-state index < -0.39 is 0 Å². The maximum atomic E-state index is 12.2. The molecule has 1 aliphatic heterocycles. The van der Waals surface area contributed by atoms with Gasteiger partial charge in [0.2, 0.25) is 5.91 Å². The molecule has 1 amide bonds. The minimum absolute atomic E-state index is 0.0292. The molecule has 0 spiro atoms. The van der Waals surface area contributed by atoms with Gasteiger partial charge in [-0.2, -0.15) is 0 Å². The van der Waals surface area contributed by atoms with Gasteiger partial charge in [0.05, 0.1) is 0 Å². The number of hydrogen-bond donors (Lipinski definition) is 2. The molecule has 1 aliphatic rings. The fourth-order valence-corrected chi connectivity index (χ4v) is 3.45. The number of likely N-dealkylation sites (N-methyl/N-ethyl adjacent to an activating group) is 1. The van der Waals surface area contributed by atoms with Gasteiger partial charge in [0.1, 0.15) is 0 Å². The van der Waals surface area contributed by atoms with E-state index in [-0.39, 0.29) is 5.91 Å². The Balaban J connectivity index is 1.44. The fraction of sp³-hybridized carbons (Fsp3) is 0.409. The van der Waals surface area contributed by atoms with Gasteiger partial charge < -0.3 is 20.4 Å². The summed E-state index contributed by atoms with van der Waals surface area (Å²) in [6, 6.07) is 14.6. The maximum Gasteiger partial charge on any atom is 0.226 e. The van der Waals surface area contributed by atoms with Crippen LogP contribution in [-0.4, -0.2) is 50.6 Å². The van der Waals surface area contributed by atoms with Crippen LogP contribution in [0.15, 0.2) is 42.5 Å². The average Bonchev–Trinajstić information content (AvgIpc) is 2.62. The smallest absolute Gasteiger partial charge is 0.226 e. The summed E-state index contributed by atoms with van der Waals surface area (Å²) in [6.45, 7) is 9.05. The minimum Gasteiger partial charge on any atom is -0.385 e. The van der Waals surface area contributed by atoms with Crippen LogP contribution in [0.3, 0.4) is 0 Å². The van der Waals surface area contributed by atoms with Gasteiger partial charge in [0.25, 0.3) is 0 Å². The van der Waals surface area contributed by atoms with Gasteiger partial charge in [-0.1, -0.05) is 6.07 Å². The van der Waals surface area contributed by atoms with Gasteiger partial charge >= 0.3 is 0 Å². The standard InChI is InChI=1S/C22H30N4O/c1-17-14-18(2)16-20(15-17)24-22(27)8-9-23-19-4-6-21(7-5-19)26-12-10-25(3)11-13-26/h4-7,14-16,23H,8-13H2,1-3H3,(H,24,27). The minimum atomic E-state index is 0.0292. The third-order valence-electron chi connectivity index (χ3n) is 4.92. The molecule has 5 heteroatoms. The van der Waals surface area contributed by atoms with Crippen molar-refractivity contribution in [2.24, 2.45) is 0 Å². The molecule has 0 atom stereocenters. The Kier molecular flexibility index (Phi) is 6.35. The number of hydrogen-bond acceptors (Lipinski definition) is 4. The SMILES string of the molecule is Cc1cc(C)cc(NC(=O)CCNc2ccc(N3CCN(C)CC3)cc2)c1. The molecule has 3 rings (SSSR count). The van der Waals surface area contributed by atoms with Crippen molar-refractivity contribution in [2.75, 3.05) is 55.3 Å². The Morgan fingerprint density at radius 1 is 0.926 bits per heavy atom. The highest BCUT2D eigenvalue weighted by molar-refractivity contribution is 5.91. The van der Waals surface area contributed by atoms with E-state index in [1.165, 1.54) is 5.69 Å². The molecule has 2 aromatic rings. The molecular weight excluding hydrogens is 336 g/mol. The summed E-state index contributed by atoms with van der Waals surface area (Å²) in [5, 5.41) is 6.31. The molecule has 1 saturated heterocycles. The van der Waals surface area contributed by atoms with E-state index in [2.05, 4.69) is 57.8 Å². The second-order valence-electron chi connectivity index (χ2n) is 7.44. The van der Waals surface area contributed by atoms with E-state index in [0.29, 0.717) is 13.0 Å². The van der Waals surface area contributed by atoms with Gasteiger partial charge in [-0.3, -0.25) is 4.79 Å². The molecule has 0 radical (unpaired) electrons. The Bertz CT molecular complexity index is 744. The van der Waals surface area contributed by atoms with Crippen LogP contribution in [0.4, 0.5) is 17.1 Å². The van der Waals surface area contributed by atoms with Crippen LogP contribution in [0.1, 0.15) is 17.5 Å². The first-order valence-electron chi connectivity index (χ1n) is 9.65. The molecule has 2 N–H and O–H groups in total. The predicted octanol–water partition coefficient (Wildman–Crippen LogP) is 3.50. The van der Waals surface area contributed by atoms with E-state index in [0.717, 1.165) is 48.7 Å².